The molecule has 0 aromatic rings. The minimum Gasteiger partial charge on any atom is -0.341 e. The number of nitrogens with zero attached hydrogens (tertiary/aromatic N) is 2. The van der Waals surface area contributed by atoms with Crippen LogP contribution in [-0.4, -0.2) is 37.2 Å². The molecule has 0 aliphatic carbocycles. The van der Waals surface area contributed by atoms with Crippen LogP contribution in [0.15, 0.2) is 22.8 Å². The lowest BCUT2D eigenvalue weighted by atomic mass is 10.1. The molecule has 0 aliphatic rings. The second-order valence-corrected chi connectivity index (χ2v) is 3.46. The molecular weight excluding hydrogens is 206 g/mol. The number of hydrogen-bond donors (Lipinski definition) is 1. The number of rotatable bonds is 6. The summed E-state index contributed by atoms with van der Waals surface area (Å²) in [6.45, 7) is 7.09. The highest BCUT2D eigenvalue weighted by Gasteiger charge is 2.17. The van der Waals surface area contributed by atoms with Crippen LogP contribution in [0.5, 0.6) is 0 Å². The summed E-state index contributed by atoms with van der Waals surface area (Å²) >= 11 is 0. The number of nitrogens with one attached hydrogen (secondary N) is 1. The second-order valence-electron chi connectivity index (χ2n) is 3.46. The van der Waals surface area contributed by atoms with E-state index in [1.165, 1.54) is 19.5 Å². The lowest BCUT2D eigenvalue weighted by Gasteiger charge is -2.15. The standard InChI is InChI=1S/C11H17N3O2/c1-5-13-9(6-12-4)11(16)14-10(7-15)8(2)3/h5-8,10H,1H2,2-4H3,(H,14,16)/b12-6-,13-9+/t10-/m1/s1. The van der Waals surface area contributed by atoms with Gasteiger partial charge in [0.25, 0.3) is 5.91 Å². The Morgan fingerprint density at radius 2 is 2.06 bits per heavy atom. The van der Waals surface area contributed by atoms with Crippen molar-refractivity contribution < 1.29 is 9.59 Å². The average Bonchev–Trinajstić information content (AvgIpc) is 2.24. The molecule has 0 unspecified atom stereocenters. The molecule has 0 radical (unpaired) electrons. The molecule has 0 saturated heterocycles. The number of aliphatic imine (C=N–C) groups is 2. The number of carbonyl (C=O) groups is 2. The van der Waals surface area contributed by atoms with E-state index in [9.17, 15) is 9.59 Å². The van der Waals surface area contributed by atoms with Crippen molar-refractivity contribution in [2.24, 2.45) is 15.9 Å². The largest absolute Gasteiger partial charge is 0.341 e. The Morgan fingerprint density at radius 3 is 2.44 bits per heavy atom. The first-order valence-electron chi connectivity index (χ1n) is 4.93. The van der Waals surface area contributed by atoms with E-state index in [0.29, 0.717) is 6.29 Å². The molecule has 5 heteroatoms. The van der Waals surface area contributed by atoms with Crippen molar-refractivity contribution in [3.8, 4) is 0 Å². The van der Waals surface area contributed by atoms with E-state index in [1.54, 1.807) is 0 Å². The average molecular weight is 223 g/mol. The maximum absolute atomic E-state index is 11.7. The van der Waals surface area contributed by atoms with Crippen molar-refractivity contribution in [1.29, 1.82) is 0 Å². The van der Waals surface area contributed by atoms with Gasteiger partial charge in [-0.3, -0.25) is 14.8 Å². The highest BCUT2D eigenvalue weighted by atomic mass is 16.2. The summed E-state index contributed by atoms with van der Waals surface area (Å²) in [5.41, 5.74) is 0.130. The highest BCUT2D eigenvalue weighted by Crippen LogP contribution is 1.98. The molecule has 5 nitrogen and oxygen atoms in total. The van der Waals surface area contributed by atoms with E-state index in [-0.39, 0.29) is 11.6 Å². The maximum atomic E-state index is 11.7. The van der Waals surface area contributed by atoms with Gasteiger partial charge in [-0.25, -0.2) is 0 Å². The molecule has 1 N–H and O–H groups in total. The Morgan fingerprint density at radius 1 is 1.44 bits per heavy atom. The van der Waals surface area contributed by atoms with E-state index in [1.807, 2.05) is 13.8 Å². The van der Waals surface area contributed by atoms with Crippen LogP contribution in [-0.2, 0) is 9.59 Å². The third-order valence-electron chi connectivity index (χ3n) is 1.88. The molecule has 88 valence electrons. The van der Waals surface area contributed by atoms with Crippen molar-refractivity contribution in [1.82, 2.24) is 5.32 Å². The molecule has 0 bridgehead atoms. The molecule has 16 heavy (non-hydrogen) atoms. The lowest BCUT2D eigenvalue weighted by molar-refractivity contribution is -0.119. The molecule has 0 aromatic heterocycles. The van der Waals surface area contributed by atoms with Gasteiger partial charge in [-0.2, -0.15) is 0 Å². The summed E-state index contributed by atoms with van der Waals surface area (Å²) in [4.78, 5) is 29.8. The van der Waals surface area contributed by atoms with Gasteiger partial charge in [-0.15, -0.1) is 0 Å². The van der Waals surface area contributed by atoms with E-state index in [4.69, 9.17) is 0 Å². The summed E-state index contributed by atoms with van der Waals surface area (Å²) in [5, 5.41) is 2.56. The number of aldehydes is 1. The lowest BCUT2D eigenvalue weighted by Crippen LogP contribution is -2.43. The van der Waals surface area contributed by atoms with Crippen LogP contribution in [0.3, 0.4) is 0 Å². The summed E-state index contributed by atoms with van der Waals surface area (Å²) in [6, 6.07) is -0.521. The zero-order valence-corrected chi connectivity index (χ0v) is 9.80. The van der Waals surface area contributed by atoms with Gasteiger partial charge < -0.3 is 10.1 Å². The SMILES string of the molecule is C=C/N=C(\C=N/C)C(=O)N[C@H](C=O)C(C)C. The van der Waals surface area contributed by atoms with Gasteiger partial charge in [0.1, 0.15) is 12.0 Å². The molecule has 0 heterocycles. The summed E-state index contributed by atoms with van der Waals surface area (Å²) in [7, 11) is 1.53. The van der Waals surface area contributed by atoms with Crippen LogP contribution < -0.4 is 5.32 Å². The number of hydrogen-bond acceptors (Lipinski definition) is 4. The first kappa shape index (κ1) is 14.2. The minimum atomic E-state index is -0.521. The Hall–Kier alpha value is -1.78. The molecule has 0 aliphatic heterocycles. The third kappa shape index (κ3) is 4.63. The monoisotopic (exact) mass is 223 g/mol. The first-order chi connectivity index (χ1) is 7.56. The molecule has 0 spiro atoms. The minimum absolute atomic E-state index is 0.0324. The van der Waals surface area contributed by atoms with Crippen molar-refractivity contribution in [3.05, 3.63) is 12.8 Å². The fourth-order valence-corrected chi connectivity index (χ4v) is 0.954. The smallest absolute Gasteiger partial charge is 0.272 e. The molecular formula is C11H17N3O2. The Balaban J connectivity index is 4.70. The van der Waals surface area contributed by atoms with Crippen LogP contribution in [0.25, 0.3) is 0 Å². The predicted octanol–water partition coefficient (Wildman–Crippen LogP) is 0.611. The Bertz CT molecular complexity index is 319. The van der Waals surface area contributed by atoms with Gasteiger partial charge in [0.15, 0.2) is 0 Å². The molecule has 0 rings (SSSR count). The molecule has 0 fully saturated rings. The number of amides is 1. The maximum Gasteiger partial charge on any atom is 0.272 e. The van der Waals surface area contributed by atoms with Crippen LogP contribution >= 0.6 is 0 Å². The zero-order valence-electron chi connectivity index (χ0n) is 9.80. The van der Waals surface area contributed by atoms with Gasteiger partial charge in [-0.1, -0.05) is 20.4 Å². The van der Waals surface area contributed by atoms with Gasteiger partial charge >= 0.3 is 0 Å². The van der Waals surface area contributed by atoms with Gasteiger partial charge in [-0.05, 0) is 5.92 Å². The van der Waals surface area contributed by atoms with Crippen LogP contribution in [0.2, 0.25) is 0 Å². The second kappa shape index (κ2) is 7.50. The van der Waals surface area contributed by atoms with Gasteiger partial charge in [0, 0.05) is 13.2 Å². The third-order valence-corrected chi connectivity index (χ3v) is 1.88. The summed E-state index contributed by atoms with van der Waals surface area (Å²) in [5.74, 6) is -0.402. The van der Waals surface area contributed by atoms with Crippen LogP contribution in [0.4, 0.5) is 0 Å². The first-order valence-corrected chi connectivity index (χ1v) is 4.93. The van der Waals surface area contributed by atoms with Gasteiger partial charge in [0.2, 0.25) is 0 Å². The zero-order chi connectivity index (χ0) is 12.6. The van der Waals surface area contributed by atoms with E-state index in [2.05, 4.69) is 21.9 Å². The van der Waals surface area contributed by atoms with E-state index in [0.717, 1.165) is 0 Å². The Kier molecular flexibility index (Phi) is 6.67. The molecule has 1 atom stereocenters. The topological polar surface area (TPSA) is 70.9 Å². The van der Waals surface area contributed by atoms with Crippen molar-refractivity contribution >= 4 is 24.1 Å². The summed E-state index contributed by atoms with van der Waals surface area (Å²) in [6.07, 6.45) is 3.28. The predicted molar refractivity (Wildman–Crippen MR) is 64.9 cm³/mol. The fraction of sp³-hybridized carbons (Fsp3) is 0.455. The normalized spacial score (nSPS) is 13.9. The van der Waals surface area contributed by atoms with Crippen LogP contribution in [0, 0.1) is 5.92 Å². The quantitative estimate of drug-likeness (QED) is 0.529. The summed E-state index contributed by atoms with van der Waals surface area (Å²) < 4.78 is 0. The van der Waals surface area contributed by atoms with E-state index >= 15 is 0 Å². The molecule has 1 amide bonds. The molecule has 0 aromatic carbocycles. The molecule has 0 saturated carbocycles. The fourth-order valence-electron chi connectivity index (χ4n) is 0.954. The number of carbonyl (C=O) groups excluding carboxylic acids is 2. The highest BCUT2D eigenvalue weighted by molar-refractivity contribution is 6.60. The van der Waals surface area contributed by atoms with Gasteiger partial charge in [0.05, 0.1) is 12.3 Å². The Labute approximate surface area is 95.4 Å². The van der Waals surface area contributed by atoms with Crippen molar-refractivity contribution in [3.63, 3.8) is 0 Å². The van der Waals surface area contributed by atoms with Crippen molar-refractivity contribution in [2.45, 2.75) is 19.9 Å². The van der Waals surface area contributed by atoms with Crippen molar-refractivity contribution in [2.75, 3.05) is 7.05 Å². The van der Waals surface area contributed by atoms with E-state index < -0.39 is 11.9 Å². The van der Waals surface area contributed by atoms with Crippen LogP contribution in [0.1, 0.15) is 13.8 Å².